The summed E-state index contributed by atoms with van der Waals surface area (Å²) in [4.78, 5) is 13.9. The van der Waals surface area contributed by atoms with E-state index in [1.54, 1.807) is 48.5 Å². The number of sulfonamides is 1. The molecule has 0 heterocycles. The molecule has 4 aromatic rings. The first-order valence-corrected chi connectivity index (χ1v) is 14.3. The molecule has 0 aliphatic carbocycles. The molecule has 196 valence electrons. The van der Waals surface area contributed by atoms with Gasteiger partial charge in [0.25, 0.3) is 15.9 Å². The third-order valence-electron chi connectivity index (χ3n) is 6.41. The number of hydrogen-bond acceptors (Lipinski definition) is 3. The van der Waals surface area contributed by atoms with Crippen LogP contribution in [-0.2, 0) is 16.6 Å². The number of nitrogens with one attached hydrogen (secondary N) is 1. The number of aryl methyl sites for hydroxylation is 1. The number of carbonyl (C=O) groups is 1. The second-order valence-electron chi connectivity index (χ2n) is 9.89. The Morgan fingerprint density at radius 1 is 0.789 bits per heavy atom. The Bertz CT molecular complexity index is 1450. The lowest BCUT2D eigenvalue weighted by atomic mass is 9.96. The maximum Gasteiger partial charge on any atom is 0.264 e. The Labute approximate surface area is 226 Å². The van der Waals surface area contributed by atoms with Gasteiger partial charge in [0.15, 0.2) is 0 Å². The van der Waals surface area contributed by atoms with Crippen LogP contribution >= 0.6 is 0 Å². The third-order valence-corrected chi connectivity index (χ3v) is 8.18. The van der Waals surface area contributed by atoms with Crippen molar-refractivity contribution in [3.05, 3.63) is 131 Å². The second-order valence-corrected chi connectivity index (χ2v) is 11.8. The highest BCUT2D eigenvalue weighted by molar-refractivity contribution is 7.92. The number of carbonyl (C=O) groups excluding carboxylic acids is 1. The van der Waals surface area contributed by atoms with Crippen molar-refractivity contribution in [3.63, 3.8) is 0 Å². The van der Waals surface area contributed by atoms with Gasteiger partial charge in [0.2, 0.25) is 0 Å². The van der Waals surface area contributed by atoms with Crippen LogP contribution in [0.2, 0.25) is 0 Å². The number of anilines is 1. The first kappa shape index (κ1) is 27.1. The molecule has 4 rings (SSSR count). The summed E-state index contributed by atoms with van der Waals surface area (Å²) < 4.78 is 29.3. The summed E-state index contributed by atoms with van der Waals surface area (Å²) >= 11 is 0. The molecule has 4 aromatic carbocycles. The molecule has 0 unspecified atom stereocenters. The predicted molar refractivity (Wildman–Crippen MR) is 154 cm³/mol. The van der Waals surface area contributed by atoms with E-state index in [-0.39, 0.29) is 23.4 Å². The molecule has 6 heteroatoms. The van der Waals surface area contributed by atoms with E-state index in [1.807, 2.05) is 67.6 Å². The molecule has 1 amide bonds. The summed E-state index contributed by atoms with van der Waals surface area (Å²) in [7, 11) is -3.97. The molecule has 0 radical (unpaired) electrons. The summed E-state index contributed by atoms with van der Waals surface area (Å²) in [5.74, 6) is 0.0412. The molecule has 0 aliphatic rings. The fraction of sp³-hybridized carbons (Fsp3) is 0.219. The van der Waals surface area contributed by atoms with Gasteiger partial charge >= 0.3 is 0 Å². The van der Waals surface area contributed by atoms with Crippen LogP contribution in [0, 0.1) is 12.8 Å². The summed E-state index contributed by atoms with van der Waals surface area (Å²) in [6.07, 6.45) is 0.757. The normalized spacial score (nSPS) is 12.2. The van der Waals surface area contributed by atoms with Gasteiger partial charge in [0, 0.05) is 0 Å². The highest BCUT2D eigenvalue weighted by Gasteiger charge is 2.29. The fourth-order valence-electron chi connectivity index (χ4n) is 4.44. The van der Waals surface area contributed by atoms with Crippen LogP contribution in [0.3, 0.4) is 0 Å². The monoisotopic (exact) mass is 526 g/mol. The summed E-state index contributed by atoms with van der Waals surface area (Å²) in [5.41, 5.74) is 3.45. The van der Waals surface area contributed by atoms with Crippen LogP contribution < -0.4 is 9.62 Å². The number of para-hydroxylation sites is 1. The highest BCUT2D eigenvalue weighted by Crippen LogP contribution is 2.30. The summed E-state index contributed by atoms with van der Waals surface area (Å²) in [5, 5.41) is 3.18. The molecular weight excluding hydrogens is 492 g/mol. The molecule has 5 nitrogen and oxygen atoms in total. The van der Waals surface area contributed by atoms with Crippen molar-refractivity contribution < 1.29 is 13.2 Å². The van der Waals surface area contributed by atoms with Crippen molar-refractivity contribution in [2.24, 2.45) is 5.92 Å². The van der Waals surface area contributed by atoms with Crippen LogP contribution in [0.4, 0.5) is 5.69 Å². The minimum absolute atomic E-state index is 0.0927. The predicted octanol–water partition coefficient (Wildman–Crippen LogP) is 6.91. The van der Waals surface area contributed by atoms with Crippen molar-refractivity contribution in [1.82, 2.24) is 5.32 Å². The molecular formula is C32H34N2O3S. The van der Waals surface area contributed by atoms with Gasteiger partial charge in [-0.15, -0.1) is 0 Å². The van der Waals surface area contributed by atoms with Crippen molar-refractivity contribution in [2.75, 3.05) is 4.31 Å². The van der Waals surface area contributed by atoms with Gasteiger partial charge in [-0.2, -0.15) is 0 Å². The molecule has 0 saturated heterocycles. The zero-order chi connectivity index (χ0) is 27.1. The number of hydrogen-bond donors (Lipinski definition) is 1. The van der Waals surface area contributed by atoms with E-state index in [2.05, 4.69) is 19.2 Å². The van der Waals surface area contributed by atoms with Crippen LogP contribution in [0.5, 0.6) is 0 Å². The first-order chi connectivity index (χ1) is 18.3. The van der Waals surface area contributed by atoms with Crippen molar-refractivity contribution >= 4 is 21.6 Å². The number of nitrogens with zero attached hydrogens (tertiary/aromatic N) is 1. The van der Waals surface area contributed by atoms with Gasteiger partial charge < -0.3 is 5.32 Å². The van der Waals surface area contributed by atoms with E-state index >= 15 is 0 Å². The Hall–Kier alpha value is -3.90. The van der Waals surface area contributed by atoms with E-state index < -0.39 is 10.0 Å². The maximum absolute atomic E-state index is 14.0. The van der Waals surface area contributed by atoms with Gasteiger partial charge in [0.05, 0.1) is 28.7 Å². The second kappa shape index (κ2) is 12.1. The Morgan fingerprint density at radius 2 is 1.37 bits per heavy atom. The Morgan fingerprint density at radius 3 is 2.00 bits per heavy atom. The van der Waals surface area contributed by atoms with E-state index in [0.29, 0.717) is 17.2 Å². The summed E-state index contributed by atoms with van der Waals surface area (Å²) in [6.45, 7) is 6.24. The van der Waals surface area contributed by atoms with Gasteiger partial charge in [-0.05, 0) is 54.7 Å². The molecule has 0 bridgehead atoms. The van der Waals surface area contributed by atoms with Crippen LogP contribution in [0.15, 0.2) is 114 Å². The zero-order valence-electron chi connectivity index (χ0n) is 22.0. The Kier molecular flexibility index (Phi) is 8.64. The smallest absolute Gasteiger partial charge is 0.264 e. The molecule has 1 atom stereocenters. The third kappa shape index (κ3) is 6.50. The lowest BCUT2D eigenvalue weighted by molar-refractivity contribution is 0.0932. The molecule has 0 aromatic heterocycles. The van der Waals surface area contributed by atoms with E-state index in [4.69, 9.17) is 0 Å². The van der Waals surface area contributed by atoms with Gasteiger partial charge in [-0.3, -0.25) is 9.10 Å². The minimum atomic E-state index is -3.97. The first-order valence-electron chi connectivity index (χ1n) is 12.8. The van der Waals surface area contributed by atoms with Crippen molar-refractivity contribution in [2.45, 2.75) is 44.7 Å². The zero-order valence-corrected chi connectivity index (χ0v) is 22.9. The van der Waals surface area contributed by atoms with Crippen LogP contribution in [-0.4, -0.2) is 14.3 Å². The SMILES string of the molecule is Cc1ccc(S(=O)(=O)N(Cc2ccccc2)c2ccccc2C(=O)N[C@@H](CC(C)C)c2ccccc2)cc1. The number of rotatable bonds is 10. The Balaban J connectivity index is 1.76. The summed E-state index contributed by atoms with van der Waals surface area (Å²) in [6, 6.07) is 32.8. The molecule has 1 N–H and O–H groups in total. The molecule has 0 spiro atoms. The quantitative estimate of drug-likeness (QED) is 0.244. The minimum Gasteiger partial charge on any atom is -0.345 e. The molecule has 38 heavy (non-hydrogen) atoms. The van der Waals surface area contributed by atoms with Gasteiger partial charge in [0.1, 0.15) is 0 Å². The van der Waals surface area contributed by atoms with Gasteiger partial charge in [-0.25, -0.2) is 8.42 Å². The highest BCUT2D eigenvalue weighted by atomic mass is 32.2. The standard InChI is InChI=1S/C32H34N2O3S/c1-24(2)22-30(27-14-8-5-9-15-27)33-32(35)29-16-10-11-17-31(29)34(23-26-12-6-4-7-13-26)38(36,37)28-20-18-25(3)19-21-28/h4-21,24,30H,22-23H2,1-3H3,(H,33,35)/t30-/m0/s1. The maximum atomic E-state index is 14.0. The van der Waals surface area contributed by atoms with Gasteiger partial charge in [-0.1, -0.05) is 104 Å². The molecule has 0 saturated carbocycles. The van der Waals surface area contributed by atoms with Crippen LogP contribution in [0.25, 0.3) is 0 Å². The fourth-order valence-corrected chi connectivity index (χ4v) is 5.91. The van der Waals surface area contributed by atoms with E-state index in [0.717, 1.165) is 23.1 Å². The average Bonchev–Trinajstić information content (AvgIpc) is 2.92. The molecule has 0 aliphatic heterocycles. The van der Waals surface area contributed by atoms with Crippen molar-refractivity contribution in [1.29, 1.82) is 0 Å². The lowest BCUT2D eigenvalue weighted by Crippen LogP contribution is -2.35. The van der Waals surface area contributed by atoms with E-state index in [1.165, 1.54) is 4.31 Å². The largest absolute Gasteiger partial charge is 0.345 e. The number of benzene rings is 4. The lowest BCUT2D eigenvalue weighted by Gasteiger charge is -2.28. The molecule has 0 fully saturated rings. The van der Waals surface area contributed by atoms with E-state index in [9.17, 15) is 13.2 Å². The van der Waals surface area contributed by atoms with Crippen LogP contribution in [0.1, 0.15) is 53.4 Å². The topological polar surface area (TPSA) is 66.5 Å². The average molecular weight is 527 g/mol. The number of amides is 1. The van der Waals surface area contributed by atoms with Crippen molar-refractivity contribution in [3.8, 4) is 0 Å².